The fourth-order valence-corrected chi connectivity index (χ4v) is 0.965. The van der Waals surface area contributed by atoms with Gasteiger partial charge in [-0.3, -0.25) is 4.99 Å². The molecule has 0 saturated heterocycles. The summed E-state index contributed by atoms with van der Waals surface area (Å²) >= 11 is 5.69. The fraction of sp³-hybridized carbons (Fsp3) is 0.571. The van der Waals surface area contributed by atoms with E-state index in [9.17, 15) is 0 Å². The zero-order valence-electron chi connectivity index (χ0n) is 5.52. The predicted octanol–water partition coefficient (Wildman–Crippen LogP) is 2.71. The molecule has 0 fully saturated rings. The molecule has 1 heterocycles. The maximum absolute atomic E-state index is 5.69. The summed E-state index contributed by atoms with van der Waals surface area (Å²) in [4.78, 5) is 4.15. The van der Waals surface area contributed by atoms with Crippen molar-refractivity contribution in [1.29, 1.82) is 0 Å². The van der Waals surface area contributed by atoms with Gasteiger partial charge in [0.25, 0.3) is 0 Å². The van der Waals surface area contributed by atoms with Crippen LogP contribution in [0.1, 0.15) is 26.2 Å². The Hall–Kier alpha value is -0.300. The monoisotopic (exact) mass is 143 g/mol. The Balaban J connectivity index is 2.59. The summed E-state index contributed by atoms with van der Waals surface area (Å²) < 4.78 is 0. The molecule has 1 rings (SSSR count). The first-order valence-corrected chi connectivity index (χ1v) is 3.61. The van der Waals surface area contributed by atoms with Crippen molar-refractivity contribution in [2.75, 3.05) is 0 Å². The number of rotatable bonds is 1. The molecule has 2 heteroatoms. The first kappa shape index (κ1) is 6.81. The average molecular weight is 144 g/mol. The third-order valence-corrected chi connectivity index (χ3v) is 1.73. The van der Waals surface area contributed by atoms with Crippen molar-refractivity contribution in [2.45, 2.75) is 26.2 Å². The van der Waals surface area contributed by atoms with Gasteiger partial charge >= 0.3 is 0 Å². The molecule has 50 valence electrons. The highest BCUT2D eigenvalue weighted by Crippen LogP contribution is 2.16. The standard InChI is InChI=1S/C7H10ClN/c1-2-7-4-3-6(8)5-9-7/h5H,2-4H2,1H3. The molecule has 1 nitrogen and oxygen atoms in total. The minimum atomic E-state index is 0.882. The maximum atomic E-state index is 5.69. The lowest BCUT2D eigenvalue weighted by atomic mass is 10.1. The molecule has 0 amide bonds. The molecule has 9 heavy (non-hydrogen) atoms. The normalized spacial score (nSPS) is 18.9. The summed E-state index contributed by atoms with van der Waals surface area (Å²) in [5.74, 6) is 0. The molecular weight excluding hydrogens is 134 g/mol. The minimum absolute atomic E-state index is 0.882. The molecule has 0 radical (unpaired) electrons. The van der Waals surface area contributed by atoms with Crippen LogP contribution in [0.4, 0.5) is 0 Å². The quantitative estimate of drug-likeness (QED) is 0.535. The van der Waals surface area contributed by atoms with Gasteiger partial charge in [0.1, 0.15) is 0 Å². The minimum Gasteiger partial charge on any atom is -0.264 e. The van der Waals surface area contributed by atoms with Crippen molar-refractivity contribution >= 4 is 17.3 Å². The number of nitrogens with zero attached hydrogens (tertiary/aromatic N) is 1. The topological polar surface area (TPSA) is 12.4 Å². The number of aliphatic imine (C=N–C) groups is 1. The summed E-state index contributed by atoms with van der Waals surface area (Å²) in [5, 5.41) is 0.882. The third-order valence-electron chi connectivity index (χ3n) is 1.45. The van der Waals surface area contributed by atoms with E-state index >= 15 is 0 Å². The second kappa shape index (κ2) is 3.02. The smallest absolute Gasteiger partial charge is 0.0412 e. The molecule has 0 bridgehead atoms. The first-order valence-electron chi connectivity index (χ1n) is 3.23. The van der Waals surface area contributed by atoms with E-state index in [-0.39, 0.29) is 0 Å². The molecule has 1 aliphatic heterocycles. The fourth-order valence-electron chi connectivity index (χ4n) is 0.822. The average Bonchev–Trinajstić information content (AvgIpc) is 1.90. The van der Waals surface area contributed by atoms with Crippen LogP contribution in [-0.2, 0) is 0 Å². The number of hydrogen-bond acceptors (Lipinski definition) is 1. The summed E-state index contributed by atoms with van der Waals surface area (Å²) in [6.07, 6.45) is 4.84. The first-order chi connectivity index (χ1) is 4.33. The van der Waals surface area contributed by atoms with E-state index in [1.807, 2.05) is 0 Å². The van der Waals surface area contributed by atoms with Crippen LogP contribution >= 0.6 is 11.6 Å². The van der Waals surface area contributed by atoms with Gasteiger partial charge in [-0.15, -0.1) is 0 Å². The Kier molecular flexibility index (Phi) is 2.29. The Morgan fingerprint density at radius 3 is 2.89 bits per heavy atom. The van der Waals surface area contributed by atoms with Gasteiger partial charge < -0.3 is 0 Å². The van der Waals surface area contributed by atoms with Crippen LogP contribution in [0.3, 0.4) is 0 Å². The Labute approximate surface area is 60.4 Å². The van der Waals surface area contributed by atoms with Gasteiger partial charge in [0.15, 0.2) is 0 Å². The molecule has 0 aromatic carbocycles. The molecule has 0 aromatic rings. The Morgan fingerprint density at radius 2 is 2.44 bits per heavy atom. The largest absolute Gasteiger partial charge is 0.264 e. The van der Waals surface area contributed by atoms with Gasteiger partial charge in [0.05, 0.1) is 0 Å². The number of allylic oxidation sites excluding steroid dienone is 1. The maximum Gasteiger partial charge on any atom is 0.0412 e. The zero-order valence-corrected chi connectivity index (χ0v) is 6.28. The molecule has 0 atom stereocenters. The van der Waals surface area contributed by atoms with E-state index < -0.39 is 0 Å². The third kappa shape index (κ3) is 1.83. The van der Waals surface area contributed by atoms with Gasteiger partial charge in [-0.2, -0.15) is 0 Å². The molecule has 0 N–H and O–H groups in total. The van der Waals surface area contributed by atoms with Crippen LogP contribution in [0.2, 0.25) is 0 Å². The van der Waals surface area contributed by atoms with E-state index in [4.69, 9.17) is 11.6 Å². The highest BCUT2D eigenvalue weighted by molar-refractivity contribution is 6.29. The van der Waals surface area contributed by atoms with Crippen molar-refractivity contribution < 1.29 is 0 Å². The molecular formula is C7H10ClN. The summed E-state index contributed by atoms with van der Waals surface area (Å²) in [7, 11) is 0. The van der Waals surface area contributed by atoms with E-state index in [0.29, 0.717) is 0 Å². The van der Waals surface area contributed by atoms with Crippen molar-refractivity contribution in [1.82, 2.24) is 0 Å². The lowest BCUT2D eigenvalue weighted by Gasteiger charge is -2.05. The van der Waals surface area contributed by atoms with E-state index in [1.54, 1.807) is 6.20 Å². The van der Waals surface area contributed by atoms with Gasteiger partial charge in [-0.25, -0.2) is 0 Å². The van der Waals surface area contributed by atoms with Crippen molar-refractivity contribution in [2.24, 2.45) is 4.99 Å². The van der Waals surface area contributed by atoms with Crippen molar-refractivity contribution in [3.8, 4) is 0 Å². The van der Waals surface area contributed by atoms with Gasteiger partial charge in [0.2, 0.25) is 0 Å². The van der Waals surface area contributed by atoms with Gasteiger partial charge in [-0.05, 0) is 19.3 Å². The van der Waals surface area contributed by atoms with Crippen molar-refractivity contribution in [3.05, 3.63) is 11.2 Å². The molecule has 0 spiro atoms. The number of halogens is 1. The molecule has 0 aromatic heterocycles. The predicted molar refractivity (Wildman–Crippen MR) is 40.9 cm³/mol. The van der Waals surface area contributed by atoms with Crippen LogP contribution in [0.25, 0.3) is 0 Å². The SMILES string of the molecule is CCC1=NC=C(Cl)CC1. The summed E-state index contributed by atoms with van der Waals surface area (Å²) in [5.41, 5.74) is 1.26. The Bertz CT molecular complexity index is 158. The van der Waals surface area contributed by atoms with E-state index in [0.717, 1.165) is 24.3 Å². The lowest BCUT2D eigenvalue weighted by molar-refractivity contribution is 0.999. The second-order valence-electron chi connectivity index (χ2n) is 2.12. The summed E-state index contributed by atoms with van der Waals surface area (Å²) in [6, 6.07) is 0. The summed E-state index contributed by atoms with van der Waals surface area (Å²) in [6.45, 7) is 2.12. The molecule has 1 aliphatic rings. The second-order valence-corrected chi connectivity index (χ2v) is 2.61. The van der Waals surface area contributed by atoms with Crippen LogP contribution in [0.5, 0.6) is 0 Å². The van der Waals surface area contributed by atoms with Crippen LogP contribution < -0.4 is 0 Å². The highest BCUT2D eigenvalue weighted by Gasteiger charge is 2.02. The highest BCUT2D eigenvalue weighted by atomic mass is 35.5. The van der Waals surface area contributed by atoms with Crippen LogP contribution in [0.15, 0.2) is 16.2 Å². The van der Waals surface area contributed by atoms with Crippen LogP contribution in [0, 0.1) is 0 Å². The van der Waals surface area contributed by atoms with Crippen LogP contribution in [-0.4, -0.2) is 5.71 Å². The zero-order chi connectivity index (χ0) is 6.69. The van der Waals surface area contributed by atoms with Gasteiger partial charge in [0, 0.05) is 16.9 Å². The lowest BCUT2D eigenvalue weighted by Crippen LogP contribution is -1.98. The molecule has 0 unspecified atom stereocenters. The van der Waals surface area contributed by atoms with E-state index in [1.165, 1.54) is 5.71 Å². The molecule has 0 aliphatic carbocycles. The van der Waals surface area contributed by atoms with Crippen molar-refractivity contribution in [3.63, 3.8) is 0 Å². The number of hydrogen-bond donors (Lipinski definition) is 0. The van der Waals surface area contributed by atoms with E-state index in [2.05, 4.69) is 11.9 Å². The van der Waals surface area contributed by atoms with Gasteiger partial charge in [-0.1, -0.05) is 18.5 Å². The molecule has 0 saturated carbocycles. The Morgan fingerprint density at radius 1 is 1.67 bits per heavy atom.